The number of nitrogens with one attached hydrogen (secondary N) is 2. The van der Waals surface area contributed by atoms with Gasteiger partial charge in [0.1, 0.15) is 17.1 Å². The van der Waals surface area contributed by atoms with Crippen molar-refractivity contribution in [2.75, 3.05) is 43.9 Å². The molecule has 0 aromatic carbocycles. The second-order valence-electron chi connectivity index (χ2n) is 11.1. The van der Waals surface area contributed by atoms with Gasteiger partial charge in [-0.3, -0.25) is 9.69 Å². The Bertz CT molecular complexity index is 1360. The van der Waals surface area contributed by atoms with Gasteiger partial charge in [0.25, 0.3) is 0 Å². The summed E-state index contributed by atoms with van der Waals surface area (Å²) < 4.78 is 8.09. The molecule has 11 nitrogen and oxygen atoms in total. The molecule has 0 bridgehead atoms. The molecule has 206 valence electrons. The summed E-state index contributed by atoms with van der Waals surface area (Å²) in [5.41, 5.74) is 2.09. The maximum atomic E-state index is 12.7. The Labute approximate surface area is 227 Å². The molecular formula is C28H36N8O3. The molecule has 1 aliphatic carbocycles. The lowest BCUT2D eigenvalue weighted by atomic mass is 9.95. The first-order chi connectivity index (χ1) is 18.9. The summed E-state index contributed by atoms with van der Waals surface area (Å²) in [6, 6.07) is 6.07. The monoisotopic (exact) mass is 532 g/mol. The van der Waals surface area contributed by atoms with E-state index >= 15 is 0 Å². The Morgan fingerprint density at radius 1 is 1.15 bits per heavy atom. The zero-order valence-electron chi connectivity index (χ0n) is 22.7. The molecule has 5 heterocycles. The van der Waals surface area contributed by atoms with Crippen LogP contribution in [0.25, 0.3) is 11.0 Å². The molecule has 2 amide bonds. The topological polar surface area (TPSA) is 118 Å². The molecular weight excluding hydrogens is 496 g/mol. The number of carbonyl (C=O) groups is 2. The van der Waals surface area contributed by atoms with Crippen LogP contribution in [-0.2, 0) is 16.0 Å². The molecule has 3 aromatic heterocycles. The number of carbonyl (C=O) groups excluding carboxylic acids is 2. The number of likely N-dealkylation sites (N-methyl/N-ethyl adjacent to an activating group) is 1. The summed E-state index contributed by atoms with van der Waals surface area (Å²) in [5.74, 6) is 1.09. The van der Waals surface area contributed by atoms with E-state index in [1.54, 1.807) is 36.3 Å². The summed E-state index contributed by atoms with van der Waals surface area (Å²) in [5, 5.41) is 7.52. The molecule has 1 atom stereocenters. The number of rotatable bonds is 6. The lowest BCUT2D eigenvalue weighted by molar-refractivity contribution is -0.128. The molecule has 39 heavy (non-hydrogen) atoms. The lowest BCUT2D eigenvalue weighted by Crippen LogP contribution is -2.35. The number of fused-ring (bicyclic) bond motifs is 1. The molecule has 1 saturated carbocycles. The van der Waals surface area contributed by atoms with Gasteiger partial charge in [-0.1, -0.05) is 12.8 Å². The molecule has 3 aromatic rings. The van der Waals surface area contributed by atoms with E-state index in [-0.39, 0.29) is 12.0 Å². The Morgan fingerprint density at radius 2 is 2.00 bits per heavy atom. The van der Waals surface area contributed by atoms with Crippen molar-refractivity contribution in [2.45, 2.75) is 63.0 Å². The Morgan fingerprint density at radius 3 is 2.77 bits per heavy atom. The number of pyridine rings is 1. The van der Waals surface area contributed by atoms with Gasteiger partial charge in [-0.15, -0.1) is 0 Å². The van der Waals surface area contributed by atoms with Crippen molar-refractivity contribution in [1.29, 1.82) is 0 Å². The number of hydrogen-bond donors (Lipinski definition) is 2. The number of ether oxygens (including phenoxy) is 1. The molecule has 0 radical (unpaired) electrons. The predicted octanol–water partition coefficient (Wildman–Crippen LogP) is 3.78. The molecule has 1 spiro atoms. The summed E-state index contributed by atoms with van der Waals surface area (Å²) in [6.45, 7) is 2.35. The summed E-state index contributed by atoms with van der Waals surface area (Å²) in [6.07, 6.45) is 10.7. The van der Waals surface area contributed by atoms with Crippen molar-refractivity contribution in [3.8, 4) is 0 Å². The van der Waals surface area contributed by atoms with Gasteiger partial charge >= 0.3 is 6.09 Å². The van der Waals surface area contributed by atoms with E-state index in [4.69, 9.17) is 9.72 Å². The van der Waals surface area contributed by atoms with Crippen molar-refractivity contribution in [1.82, 2.24) is 29.7 Å². The predicted molar refractivity (Wildman–Crippen MR) is 148 cm³/mol. The van der Waals surface area contributed by atoms with Crippen LogP contribution in [0.3, 0.4) is 0 Å². The maximum absolute atomic E-state index is 12.7. The summed E-state index contributed by atoms with van der Waals surface area (Å²) in [7, 11) is 3.56. The van der Waals surface area contributed by atoms with Crippen LogP contribution >= 0.6 is 0 Å². The third-order valence-corrected chi connectivity index (χ3v) is 8.19. The van der Waals surface area contributed by atoms with Crippen LogP contribution in [-0.4, -0.2) is 75.8 Å². The molecule has 2 N–H and O–H groups in total. The van der Waals surface area contributed by atoms with Gasteiger partial charge in [0.05, 0.1) is 24.8 Å². The fourth-order valence-corrected chi connectivity index (χ4v) is 6.06. The molecule has 2 aliphatic heterocycles. The van der Waals surface area contributed by atoms with Crippen molar-refractivity contribution in [3.05, 3.63) is 36.3 Å². The largest absolute Gasteiger partial charge is 0.441 e. The molecule has 2 saturated heterocycles. The maximum Gasteiger partial charge on any atom is 0.415 e. The highest BCUT2D eigenvalue weighted by Crippen LogP contribution is 2.36. The first kappa shape index (κ1) is 25.5. The first-order valence-corrected chi connectivity index (χ1v) is 13.9. The lowest BCUT2D eigenvalue weighted by Gasteiger charge is -2.24. The van der Waals surface area contributed by atoms with E-state index in [2.05, 4.69) is 25.2 Å². The summed E-state index contributed by atoms with van der Waals surface area (Å²) in [4.78, 5) is 42.4. The third kappa shape index (κ3) is 5.15. The van der Waals surface area contributed by atoms with Crippen molar-refractivity contribution >= 4 is 40.5 Å². The van der Waals surface area contributed by atoms with E-state index in [0.29, 0.717) is 36.5 Å². The van der Waals surface area contributed by atoms with Gasteiger partial charge in [0, 0.05) is 43.8 Å². The highest BCUT2D eigenvalue weighted by atomic mass is 16.6. The Balaban J connectivity index is 1.22. The number of aromatic nitrogens is 4. The van der Waals surface area contributed by atoms with E-state index in [1.165, 1.54) is 12.8 Å². The van der Waals surface area contributed by atoms with E-state index in [0.717, 1.165) is 61.9 Å². The Kier molecular flexibility index (Phi) is 6.84. The SMILES string of the molecule is CN(C)C(=O)Cc1cc2cnc(Nc3ccc(N4CC5(CCCNCC5)OC4=O)cn3)nc2n1C1CCCC1. The average molecular weight is 533 g/mol. The van der Waals surface area contributed by atoms with Gasteiger partial charge in [0.15, 0.2) is 0 Å². The molecule has 3 fully saturated rings. The van der Waals surface area contributed by atoms with Gasteiger partial charge in [0.2, 0.25) is 11.9 Å². The average Bonchev–Trinajstić information content (AvgIpc) is 3.59. The number of nitrogens with zero attached hydrogens (tertiary/aromatic N) is 6. The highest BCUT2D eigenvalue weighted by molar-refractivity contribution is 5.90. The minimum atomic E-state index is -0.426. The van der Waals surface area contributed by atoms with Gasteiger partial charge in [-0.25, -0.2) is 14.8 Å². The number of hydrogen-bond acceptors (Lipinski definition) is 8. The second kappa shape index (κ2) is 10.4. The zero-order chi connectivity index (χ0) is 27.0. The van der Waals surface area contributed by atoms with Crippen LogP contribution in [0, 0.1) is 0 Å². The standard InChI is InChI=1S/C28H36N8O3/c1-34(2)24(37)15-22-14-19-16-31-26(33-25(19)36(22)20-6-3-4-7-20)32-23-9-8-21(17-30-23)35-18-28(39-27(35)38)10-5-12-29-13-11-28/h8-9,14,16-17,20,29H,3-7,10-13,15,18H2,1-2H3,(H,30,31,32,33). The third-order valence-electron chi connectivity index (χ3n) is 8.19. The minimum Gasteiger partial charge on any atom is -0.441 e. The smallest absolute Gasteiger partial charge is 0.415 e. The van der Waals surface area contributed by atoms with Gasteiger partial charge < -0.3 is 24.8 Å². The fraction of sp³-hybridized carbons (Fsp3) is 0.536. The van der Waals surface area contributed by atoms with Crippen LogP contribution in [0.1, 0.15) is 56.7 Å². The fourth-order valence-electron chi connectivity index (χ4n) is 6.06. The van der Waals surface area contributed by atoms with E-state index < -0.39 is 5.60 Å². The number of amides is 2. The molecule has 6 rings (SSSR count). The van der Waals surface area contributed by atoms with Crippen LogP contribution in [0.4, 0.5) is 22.2 Å². The first-order valence-electron chi connectivity index (χ1n) is 13.9. The second-order valence-corrected chi connectivity index (χ2v) is 11.1. The highest BCUT2D eigenvalue weighted by Gasteiger charge is 2.45. The quantitative estimate of drug-likeness (QED) is 0.493. The van der Waals surface area contributed by atoms with Crippen molar-refractivity contribution in [2.24, 2.45) is 0 Å². The van der Waals surface area contributed by atoms with Gasteiger partial charge in [-0.05, 0) is 57.0 Å². The van der Waals surface area contributed by atoms with Gasteiger partial charge in [-0.2, -0.15) is 4.98 Å². The Hall–Kier alpha value is -3.73. The minimum absolute atomic E-state index is 0.0659. The summed E-state index contributed by atoms with van der Waals surface area (Å²) >= 11 is 0. The molecule has 3 aliphatic rings. The van der Waals surface area contributed by atoms with Crippen LogP contribution in [0.2, 0.25) is 0 Å². The number of anilines is 3. The van der Waals surface area contributed by atoms with E-state index in [1.807, 2.05) is 18.2 Å². The zero-order valence-corrected chi connectivity index (χ0v) is 22.7. The molecule has 11 heteroatoms. The normalized spacial score (nSPS) is 21.9. The van der Waals surface area contributed by atoms with Crippen LogP contribution in [0.15, 0.2) is 30.6 Å². The van der Waals surface area contributed by atoms with Crippen molar-refractivity contribution in [3.63, 3.8) is 0 Å². The molecule has 1 unspecified atom stereocenters. The van der Waals surface area contributed by atoms with Crippen LogP contribution in [0.5, 0.6) is 0 Å². The van der Waals surface area contributed by atoms with Crippen LogP contribution < -0.4 is 15.5 Å². The van der Waals surface area contributed by atoms with Crippen molar-refractivity contribution < 1.29 is 14.3 Å². The van der Waals surface area contributed by atoms with E-state index in [9.17, 15) is 9.59 Å².